The van der Waals surface area contributed by atoms with Gasteiger partial charge in [-0.1, -0.05) is 12.1 Å². The zero-order valence-electron chi connectivity index (χ0n) is 7.26. The highest BCUT2D eigenvalue weighted by molar-refractivity contribution is 6.17. The molecule has 1 aliphatic carbocycles. The van der Waals surface area contributed by atoms with Gasteiger partial charge in [-0.15, -0.1) is 11.6 Å². The van der Waals surface area contributed by atoms with Gasteiger partial charge < -0.3 is 0 Å². The van der Waals surface area contributed by atoms with Crippen molar-refractivity contribution in [3.05, 3.63) is 34.9 Å². The molecule has 1 saturated carbocycles. The van der Waals surface area contributed by atoms with Crippen LogP contribution in [0, 0.1) is 11.3 Å². The zero-order chi connectivity index (χ0) is 9.26. The summed E-state index contributed by atoms with van der Waals surface area (Å²) in [4.78, 5) is 0. The average molecular weight is 192 g/mol. The smallest absolute Gasteiger partial charge is 0.0994 e. The molecule has 13 heavy (non-hydrogen) atoms. The molecule has 0 N–H and O–H groups in total. The number of halogens is 1. The average Bonchev–Trinajstić information content (AvgIpc) is 3.00. The highest BCUT2D eigenvalue weighted by Gasteiger charge is 2.25. The quantitative estimate of drug-likeness (QED) is 0.659. The fraction of sp³-hybridized carbons (Fsp3) is 0.364. The van der Waals surface area contributed by atoms with Crippen LogP contribution >= 0.6 is 11.6 Å². The summed E-state index contributed by atoms with van der Waals surface area (Å²) in [5.41, 5.74) is 3.04. The molecule has 0 radical (unpaired) electrons. The van der Waals surface area contributed by atoms with Crippen molar-refractivity contribution in [2.75, 3.05) is 0 Å². The number of nitriles is 1. The van der Waals surface area contributed by atoms with E-state index in [0.29, 0.717) is 11.8 Å². The van der Waals surface area contributed by atoms with Crippen LogP contribution in [0.15, 0.2) is 18.2 Å². The molecule has 66 valence electrons. The number of nitrogens with zero attached hydrogens (tertiary/aromatic N) is 1. The van der Waals surface area contributed by atoms with Gasteiger partial charge in [-0.2, -0.15) is 5.26 Å². The predicted octanol–water partition coefficient (Wildman–Crippen LogP) is 3.17. The van der Waals surface area contributed by atoms with Crippen molar-refractivity contribution in [3.63, 3.8) is 0 Å². The highest BCUT2D eigenvalue weighted by Crippen LogP contribution is 2.41. The fourth-order valence-electron chi connectivity index (χ4n) is 1.53. The van der Waals surface area contributed by atoms with Gasteiger partial charge >= 0.3 is 0 Å². The maximum atomic E-state index is 8.92. The van der Waals surface area contributed by atoms with E-state index in [2.05, 4.69) is 6.07 Å². The lowest BCUT2D eigenvalue weighted by molar-refractivity contribution is 1.11. The van der Waals surface area contributed by atoms with Crippen molar-refractivity contribution in [3.8, 4) is 6.07 Å². The third-order valence-corrected chi connectivity index (χ3v) is 2.72. The van der Waals surface area contributed by atoms with Crippen molar-refractivity contribution in [1.82, 2.24) is 0 Å². The van der Waals surface area contributed by atoms with Crippen LogP contribution in [0.1, 0.15) is 35.4 Å². The molecule has 0 spiro atoms. The molecule has 1 fully saturated rings. The van der Waals surface area contributed by atoms with Gasteiger partial charge in [-0.05, 0) is 36.0 Å². The predicted molar refractivity (Wildman–Crippen MR) is 52.7 cm³/mol. The summed E-state index contributed by atoms with van der Waals surface area (Å²) in [5.74, 6) is 1.12. The number of hydrogen-bond acceptors (Lipinski definition) is 1. The van der Waals surface area contributed by atoms with E-state index in [9.17, 15) is 0 Å². The van der Waals surface area contributed by atoms with E-state index in [1.807, 2.05) is 18.2 Å². The topological polar surface area (TPSA) is 23.8 Å². The Labute approximate surface area is 82.9 Å². The first kappa shape index (κ1) is 8.59. The first-order valence-corrected chi connectivity index (χ1v) is 4.97. The number of hydrogen-bond donors (Lipinski definition) is 0. The monoisotopic (exact) mass is 191 g/mol. The zero-order valence-corrected chi connectivity index (χ0v) is 8.01. The molecule has 0 bridgehead atoms. The second kappa shape index (κ2) is 3.40. The second-order valence-corrected chi connectivity index (χ2v) is 3.71. The molecule has 1 aromatic rings. The Morgan fingerprint density at radius 2 is 2.23 bits per heavy atom. The summed E-state index contributed by atoms with van der Waals surface area (Å²) in [6, 6.07) is 8.20. The summed E-state index contributed by atoms with van der Waals surface area (Å²) in [5, 5.41) is 8.92. The Balaban J connectivity index is 2.41. The van der Waals surface area contributed by atoms with Crippen molar-refractivity contribution in [2.24, 2.45) is 0 Å². The van der Waals surface area contributed by atoms with Gasteiger partial charge in [-0.3, -0.25) is 0 Å². The Hall–Kier alpha value is -1.00. The Morgan fingerprint density at radius 3 is 2.77 bits per heavy atom. The maximum Gasteiger partial charge on any atom is 0.0994 e. The minimum atomic E-state index is 0.486. The molecule has 0 atom stereocenters. The third-order valence-electron chi connectivity index (χ3n) is 2.41. The lowest BCUT2D eigenvalue weighted by atomic mass is 10.0. The Bertz CT molecular complexity index is 361. The highest BCUT2D eigenvalue weighted by atomic mass is 35.5. The van der Waals surface area contributed by atoms with Crippen LogP contribution in [0.3, 0.4) is 0 Å². The van der Waals surface area contributed by atoms with E-state index in [1.165, 1.54) is 18.4 Å². The molecule has 1 aliphatic rings. The summed E-state index contributed by atoms with van der Waals surface area (Å²) in [6.07, 6.45) is 2.46. The van der Waals surface area contributed by atoms with Gasteiger partial charge in [0.2, 0.25) is 0 Å². The van der Waals surface area contributed by atoms with Gasteiger partial charge in [0.25, 0.3) is 0 Å². The minimum absolute atomic E-state index is 0.486. The molecule has 1 nitrogen and oxygen atoms in total. The van der Waals surface area contributed by atoms with E-state index in [0.717, 1.165) is 11.1 Å². The largest absolute Gasteiger partial charge is 0.192 e. The van der Waals surface area contributed by atoms with E-state index in [4.69, 9.17) is 16.9 Å². The van der Waals surface area contributed by atoms with E-state index < -0.39 is 0 Å². The van der Waals surface area contributed by atoms with Crippen LogP contribution in [-0.2, 0) is 5.88 Å². The van der Waals surface area contributed by atoms with E-state index in [-0.39, 0.29) is 0 Å². The lowest BCUT2D eigenvalue weighted by Gasteiger charge is -2.02. The van der Waals surface area contributed by atoms with Crippen LogP contribution in [0.5, 0.6) is 0 Å². The molecule has 0 unspecified atom stereocenters. The summed E-state index contributed by atoms with van der Waals surface area (Å²) in [7, 11) is 0. The summed E-state index contributed by atoms with van der Waals surface area (Å²) in [6.45, 7) is 0. The fourth-order valence-corrected chi connectivity index (χ4v) is 1.70. The first-order valence-electron chi connectivity index (χ1n) is 4.44. The van der Waals surface area contributed by atoms with Crippen LogP contribution in [0.25, 0.3) is 0 Å². The van der Waals surface area contributed by atoms with Crippen LogP contribution < -0.4 is 0 Å². The first-order chi connectivity index (χ1) is 6.35. The molecular formula is C11H10ClN. The van der Waals surface area contributed by atoms with Crippen molar-refractivity contribution < 1.29 is 0 Å². The molecular weight excluding hydrogens is 182 g/mol. The van der Waals surface area contributed by atoms with Gasteiger partial charge in [0, 0.05) is 5.88 Å². The minimum Gasteiger partial charge on any atom is -0.192 e. The Kier molecular flexibility index (Phi) is 2.24. The van der Waals surface area contributed by atoms with E-state index in [1.54, 1.807) is 0 Å². The number of alkyl halides is 1. The Morgan fingerprint density at radius 1 is 1.46 bits per heavy atom. The van der Waals surface area contributed by atoms with Crippen molar-refractivity contribution >= 4 is 11.6 Å². The maximum absolute atomic E-state index is 8.92. The van der Waals surface area contributed by atoms with Gasteiger partial charge in [-0.25, -0.2) is 0 Å². The summed E-state index contributed by atoms with van der Waals surface area (Å²) >= 11 is 5.69. The van der Waals surface area contributed by atoms with Gasteiger partial charge in [0.1, 0.15) is 0 Å². The van der Waals surface area contributed by atoms with Gasteiger partial charge in [0.05, 0.1) is 11.6 Å². The molecule has 2 heteroatoms. The molecule has 0 aliphatic heterocycles. The molecule has 2 rings (SSSR count). The lowest BCUT2D eigenvalue weighted by Crippen LogP contribution is -1.89. The molecule has 1 aromatic carbocycles. The SMILES string of the molecule is N#Cc1cc(CCl)ccc1C1CC1. The van der Waals surface area contributed by atoms with Crippen molar-refractivity contribution in [2.45, 2.75) is 24.6 Å². The number of benzene rings is 1. The van der Waals surface area contributed by atoms with Crippen LogP contribution in [0.4, 0.5) is 0 Å². The standard InChI is InChI=1S/C11H10ClN/c12-6-8-1-4-11(9-2-3-9)10(5-8)7-13/h1,4-5,9H,2-3,6H2. The second-order valence-electron chi connectivity index (χ2n) is 3.44. The number of rotatable bonds is 2. The molecule has 0 heterocycles. The normalized spacial score (nSPS) is 15.4. The molecule has 0 saturated heterocycles. The van der Waals surface area contributed by atoms with Crippen LogP contribution in [-0.4, -0.2) is 0 Å². The molecule has 0 aromatic heterocycles. The summed E-state index contributed by atoms with van der Waals surface area (Å²) < 4.78 is 0. The van der Waals surface area contributed by atoms with E-state index >= 15 is 0 Å². The van der Waals surface area contributed by atoms with Crippen LogP contribution in [0.2, 0.25) is 0 Å². The van der Waals surface area contributed by atoms with Crippen molar-refractivity contribution in [1.29, 1.82) is 5.26 Å². The van der Waals surface area contributed by atoms with Gasteiger partial charge in [0.15, 0.2) is 0 Å². The molecule has 0 amide bonds. The third kappa shape index (κ3) is 1.68.